The summed E-state index contributed by atoms with van der Waals surface area (Å²) in [7, 11) is 3.60. The molecule has 0 aromatic heterocycles. The number of amidine groups is 1. The molecule has 2 rings (SSSR count). The summed E-state index contributed by atoms with van der Waals surface area (Å²) in [6.07, 6.45) is 4.12. The average molecular weight is 390 g/mol. The van der Waals surface area contributed by atoms with Gasteiger partial charge in [-0.3, -0.25) is 9.79 Å². The van der Waals surface area contributed by atoms with Crippen molar-refractivity contribution in [2.75, 3.05) is 14.1 Å². The summed E-state index contributed by atoms with van der Waals surface area (Å²) in [6, 6.07) is 15.9. The highest BCUT2D eigenvalue weighted by atomic mass is 16.2. The maximum Gasteiger partial charge on any atom is 0.253 e. The number of carbonyl (C=O) groups is 1. The predicted octanol–water partition coefficient (Wildman–Crippen LogP) is 5.21. The van der Waals surface area contributed by atoms with E-state index in [0.29, 0.717) is 12.1 Å². The number of amides is 1. The van der Waals surface area contributed by atoms with E-state index in [1.165, 1.54) is 0 Å². The van der Waals surface area contributed by atoms with Crippen molar-refractivity contribution in [3.8, 4) is 0 Å². The van der Waals surface area contributed by atoms with Gasteiger partial charge in [0.15, 0.2) is 0 Å². The number of aryl methyl sites for hydroxylation is 1. The molecule has 4 nitrogen and oxygen atoms in total. The van der Waals surface area contributed by atoms with Crippen LogP contribution in [0, 0.1) is 6.92 Å². The van der Waals surface area contributed by atoms with Crippen LogP contribution < -0.4 is 5.32 Å². The zero-order valence-electron chi connectivity index (χ0n) is 18.3. The fourth-order valence-electron chi connectivity index (χ4n) is 2.87. The molecule has 152 valence electrons. The standard InChI is InChI=1S/C25H31N3O/c1-18(20(3)27-21(4)26-5)12-14-23-16-24(15-13-19(23)2)25(29)28(6)17-22-10-8-7-9-11-22/h7-16H,17H2,1-6H3,(H,26,27)/b14-12+,20-18-. The summed E-state index contributed by atoms with van der Waals surface area (Å²) in [5.41, 5.74) is 6.15. The Kier molecular flexibility index (Phi) is 7.96. The lowest BCUT2D eigenvalue weighted by Crippen LogP contribution is -2.26. The van der Waals surface area contributed by atoms with E-state index in [0.717, 1.165) is 33.8 Å². The number of aliphatic imine (C=N–C) groups is 1. The molecule has 29 heavy (non-hydrogen) atoms. The van der Waals surface area contributed by atoms with Gasteiger partial charge in [-0.2, -0.15) is 0 Å². The molecule has 0 aliphatic carbocycles. The molecule has 4 heteroatoms. The minimum absolute atomic E-state index is 0.0170. The first-order chi connectivity index (χ1) is 13.8. The molecule has 0 fully saturated rings. The number of rotatable bonds is 6. The summed E-state index contributed by atoms with van der Waals surface area (Å²) in [6.45, 7) is 8.66. The van der Waals surface area contributed by atoms with Gasteiger partial charge in [0.1, 0.15) is 0 Å². The Morgan fingerprint density at radius 2 is 1.79 bits per heavy atom. The topological polar surface area (TPSA) is 44.7 Å². The fourth-order valence-corrected chi connectivity index (χ4v) is 2.87. The van der Waals surface area contributed by atoms with Gasteiger partial charge in [-0.05, 0) is 62.1 Å². The molecular weight excluding hydrogens is 358 g/mol. The maximum atomic E-state index is 12.9. The van der Waals surface area contributed by atoms with Gasteiger partial charge < -0.3 is 10.2 Å². The van der Waals surface area contributed by atoms with Crippen LogP contribution in [0.3, 0.4) is 0 Å². The first kappa shape index (κ1) is 22.2. The number of hydrogen-bond donors (Lipinski definition) is 1. The third kappa shape index (κ3) is 6.46. The molecule has 2 aromatic carbocycles. The Hall–Kier alpha value is -3.14. The zero-order chi connectivity index (χ0) is 21.4. The molecule has 0 saturated heterocycles. The largest absolute Gasteiger partial charge is 0.348 e. The van der Waals surface area contributed by atoms with Gasteiger partial charge in [0, 0.05) is 31.9 Å². The molecule has 0 bridgehead atoms. The van der Waals surface area contributed by atoms with Crippen LogP contribution in [0.2, 0.25) is 0 Å². The maximum absolute atomic E-state index is 12.9. The molecule has 0 aliphatic heterocycles. The normalized spacial score (nSPS) is 12.7. The van der Waals surface area contributed by atoms with E-state index in [1.807, 2.05) is 69.4 Å². The summed E-state index contributed by atoms with van der Waals surface area (Å²) < 4.78 is 0. The first-order valence-electron chi connectivity index (χ1n) is 9.77. The van der Waals surface area contributed by atoms with E-state index in [4.69, 9.17) is 0 Å². The Balaban J connectivity index is 2.18. The van der Waals surface area contributed by atoms with Gasteiger partial charge in [-0.15, -0.1) is 0 Å². The average Bonchev–Trinajstić information content (AvgIpc) is 2.72. The van der Waals surface area contributed by atoms with E-state index in [1.54, 1.807) is 11.9 Å². The third-order valence-corrected chi connectivity index (χ3v) is 4.94. The van der Waals surface area contributed by atoms with Gasteiger partial charge in [-0.1, -0.05) is 48.6 Å². The Morgan fingerprint density at radius 3 is 2.45 bits per heavy atom. The highest BCUT2D eigenvalue weighted by Crippen LogP contribution is 2.17. The van der Waals surface area contributed by atoms with E-state index in [2.05, 4.69) is 36.3 Å². The highest BCUT2D eigenvalue weighted by molar-refractivity contribution is 5.94. The number of nitrogens with one attached hydrogen (secondary N) is 1. The molecule has 0 heterocycles. The Morgan fingerprint density at radius 1 is 1.10 bits per heavy atom. The van der Waals surface area contributed by atoms with Crippen molar-refractivity contribution in [2.45, 2.75) is 34.2 Å². The molecule has 0 atom stereocenters. The highest BCUT2D eigenvalue weighted by Gasteiger charge is 2.13. The zero-order valence-corrected chi connectivity index (χ0v) is 18.3. The smallest absolute Gasteiger partial charge is 0.253 e. The number of carbonyl (C=O) groups excluding carboxylic acids is 1. The summed E-state index contributed by atoms with van der Waals surface area (Å²) in [5.74, 6) is 0.892. The quantitative estimate of drug-likeness (QED) is 0.419. The molecule has 0 radical (unpaired) electrons. The second kappa shape index (κ2) is 10.4. The number of nitrogens with zero attached hydrogens (tertiary/aromatic N) is 2. The van der Waals surface area contributed by atoms with Crippen molar-refractivity contribution in [3.63, 3.8) is 0 Å². The molecular formula is C25H31N3O. The molecule has 1 amide bonds. The molecule has 0 saturated carbocycles. The van der Waals surface area contributed by atoms with E-state index in [-0.39, 0.29) is 5.91 Å². The van der Waals surface area contributed by atoms with Gasteiger partial charge in [-0.25, -0.2) is 0 Å². The monoisotopic (exact) mass is 389 g/mol. The molecule has 0 unspecified atom stereocenters. The van der Waals surface area contributed by atoms with Crippen LogP contribution in [0.4, 0.5) is 0 Å². The summed E-state index contributed by atoms with van der Waals surface area (Å²) >= 11 is 0. The summed E-state index contributed by atoms with van der Waals surface area (Å²) in [5, 5.41) is 3.27. The fraction of sp³-hybridized carbons (Fsp3) is 0.280. The Labute approximate surface area is 174 Å². The number of hydrogen-bond acceptors (Lipinski definition) is 2. The Bertz CT molecular complexity index is 940. The van der Waals surface area contributed by atoms with Crippen LogP contribution in [-0.4, -0.2) is 30.7 Å². The second-order valence-electron chi connectivity index (χ2n) is 7.29. The van der Waals surface area contributed by atoms with Crippen LogP contribution in [0.25, 0.3) is 6.08 Å². The van der Waals surface area contributed by atoms with Crippen LogP contribution in [0.5, 0.6) is 0 Å². The van der Waals surface area contributed by atoms with Crippen molar-refractivity contribution in [1.29, 1.82) is 0 Å². The van der Waals surface area contributed by atoms with Crippen LogP contribution >= 0.6 is 0 Å². The van der Waals surface area contributed by atoms with Crippen molar-refractivity contribution >= 4 is 17.8 Å². The van der Waals surface area contributed by atoms with E-state index < -0.39 is 0 Å². The van der Waals surface area contributed by atoms with Crippen molar-refractivity contribution < 1.29 is 4.79 Å². The van der Waals surface area contributed by atoms with Crippen LogP contribution in [-0.2, 0) is 6.54 Å². The van der Waals surface area contributed by atoms with Crippen LogP contribution in [0.15, 0.2) is 70.9 Å². The van der Waals surface area contributed by atoms with Crippen molar-refractivity contribution in [2.24, 2.45) is 4.99 Å². The van der Waals surface area contributed by atoms with E-state index >= 15 is 0 Å². The minimum atomic E-state index is 0.0170. The lowest BCUT2D eigenvalue weighted by molar-refractivity contribution is 0.0785. The molecule has 0 aliphatic rings. The van der Waals surface area contributed by atoms with Gasteiger partial charge in [0.2, 0.25) is 0 Å². The van der Waals surface area contributed by atoms with Gasteiger partial charge in [0.05, 0.1) is 5.84 Å². The molecule has 1 N–H and O–H groups in total. The second-order valence-corrected chi connectivity index (χ2v) is 7.29. The molecule has 0 spiro atoms. The SMILES string of the molecule is CN=C(C)N/C(C)=C(C)\C=C\c1cc(C(=O)N(C)Cc2ccccc2)ccc1C. The lowest BCUT2D eigenvalue weighted by atomic mass is 10.0. The molecule has 2 aromatic rings. The van der Waals surface area contributed by atoms with Crippen molar-refractivity contribution in [1.82, 2.24) is 10.2 Å². The van der Waals surface area contributed by atoms with E-state index in [9.17, 15) is 4.79 Å². The number of allylic oxidation sites excluding steroid dienone is 3. The number of benzene rings is 2. The van der Waals surface area contributed by atoms with Crippen molar-refractivity contribution in [3.05, 3.63) is 88.1 Å². The predicted molar refractivity (Wildman–Crippen MR) is 123 cm³/mol. The summed E-state index contributed by atoms with van der Waals surface area (Å²) in [4.78, 5) is 18.8. The van der Waals surface area contributed by atoms with Crippen LogP contribution in [0.1, 0.15) is 47.8 Å². The van der Waals surface area contributed by atoms with Gasteiger partial charge >= 0.3 is 0 Å². The minimum Gasteiger partial charge on any atom is -0.348 e. The third-order valence-electron chi connectivity index (χ3n) is 4.94. The van der Waals surface area contributed by atoms with Gasteiger partial charge in [0.25, 0.3) is 5.91 Å². The first-order valence-corrected chi connectivity index (χ1v) is 9.77. The lowest BCUT2D eigenvalue weighted by Gasteiger charge is -2.18.